The van der Waals surface area contributed by atoms with Crippen LogP contribution in [-0.2, 0) is 29.1 Å². The van der Waals surface area contributed by atoms with Gasteiger partial charge in [0.1, 0.15) is 11.5 Å². The Balaban J connectivity index is 0.674. The number of fused-ring (bicyclic) bond motifs is 9. The minimum Gasteiger partial charge on any atom is -0.494 e. The Morgan fingerprint density at radius 1 is 0.268 bits per heavy atom. The number of unbranched alkanes of at least 4 members (excludes halogenated alkanes) is 12. The van der Waals surface area contributed by atoms with Gasteiger partial charge in [0.05, 0.1) is 26.9 Å². The highest BCUT2D eigenvalue weighted by Crippen LogP contribution is 2.60. The van der Waals surface area contributed by atoms with Gasteiger partial charge in [0, 0.05) is 50.4 Å². The maximum atomic E-state index is 9.90. The molecule has 2 unspecified atom stereocenters. The first-order valence-electron chi connectivity index (χ1n) is 55.1. The summed E-state index contributed by atoms with van der Waals surface area (Å²) in [5.74, 6) is 1.61. The first kappa shape index (κ1) is 79.6. The van der Waals surface area contributed by atoms with Crippen molar-refractivity contribution in [3.05, 3.63) is 492 Å². The van der Waals surface area contributed by atoms with Gasteiger partial charge in [-0.25, -0.2) is 0 Å². The van der Waals surface area contributed by atoms with E-state index in [-0.39, 0.29) is 59.5 Å². The molecule has 0 fully saturated rings. The minimum absolute atomic E-state index is 0.197. The molecular weight excluding hydrogens is 1670 g/mol. The van der Waals surface area contributed by atoms with Crippen LogP contribution >= 0.6 is 0 Å². The van der Waals surface area contributed by atoms with Gasteiger partial charge >= 0.3 is 0 Å². The fourth-order valence-electron chi connectivity index (χ4n) is 22.1. The molecule has 17 aromatic carbocycles. The lowest BCUT2D eigenvalue weighted by Gasteiger charge is -2.34. The van der Waals surface area contributed by atoms with E-state index in [1.165, 1.54) is 64.6 Å². The molecule has 0 amide bonds. The molecule has 0 aromatic heterocycles. The number of nitrogens with zero attached hydrogens (tertiary/aromatic N) is 2. The minimum atomic E-state index is -1.14. The van der Waals surface area contributed by atoms with Crippen molar-refractivity contribution in [1.82, 2.24) is 0 Å². The van der Waals surface area contributed by atoms with Gasteiger partial charge in [-0.05, 0) is 318 Å². The molecule has 2 atom stereocenters. The van der Waals surface area contributed by atoms with Crippen LogP contribution < -0.4 is 19.3 Å². The Bertz CT molecular complexity index is 7220. The second-order valence-corrected chi connectivity index (χ2v) is 37.8. The zero-order valence-corrected chi connectivity index (χ0v) is 79.7. The van der Waals surface area contributed by atoms with E-state index in [1.54, 1.807) is 0 Å². The standard InChI is InChI=1S/C134H126N2O2/c1-6-10-12-22-40-99-90-100(41-23-13-11-7-2)92-111(91-99)132(5)128-93-107(105-62-72-114(73-63-105)135(112-68-58-103(59-69-112)101-42-24-18-25-43-101)116-76-84-124-120-50-32-34-52-126(120)133(130(124)95-116,109-46-28-20-29-47-109)86-36-14-16-38-88-137-118-78-54-97(8-3)55-79-118)66-82-122(128)123-83-67-108(94-129(123)132)106-64-74-115(75-65-106)136(113-70-60-104(61-71-113)102-44-26-19-27-45-102)117-77-85-125-121-51-33-35-53-127(121)134(131(125)96-117,110-48-30-21-31-49-110)87-37-15-17-39-89-138-119-80-56-98(9-4)57-81-119/h8-9,18-21,24-35,42-85,90-96H,3-4,6-7,10-17,22-23,36-41,86-89H2,1-2,5H3/i20D,21D,28D,29D,30D,31D,46D,47D,48D,49D. The third kappa shape index (κ3) is 18.6. The van der Waals surface area contributed by atoms with Crippen LogP contribution in [-0.4, -0.2) is 13.2 Å². The van der Waals surface area contributed by atoms with Crippen LogP contribution in [0.15, 0.2) is 419 Å². The Labute approximate surface area is 833 Å². The lowest BCUT2D eigenvalue weighted by Crippen LogP contribution is -2.27. The SMILES string of the molecule is [2H]c1c([2H])c([2H])c(C2(CCCCCCOc3ccc(C=C)cc3)c3ccccc3-c3ccc(N(c4ccc(-c5ccccc5)cc4)c4ccc(-c5ccc6c(c5)C(C)(c5cc(CCCCCC)cc(CCCCCC)c5)c5cc(-c7ccc(N(c8ccc(-c9ccccc9)cc8)c8ccc9c(c8)C(CCCCCCOc8ccc(C=C)cc8)(c8c([2H])c([2H])c([2H])c([2H])c8[2H])c8ccccc8-9)cc7)ccc5-6)cc4)cc32)c([2H])c1[2H]. The Morgan fingerprint density at radius 2 is 0.587 bits per heavy atom. The smallest absolute Gasteiger partial charge is 0.119 e. The fourth-order valence-corrected chi connectivity index (χ4v) is 22.1. The van der Waals surface area contributed by atoms with Gasteiger partial charge in [0.15, 0.2) is 0 Å². The number of ether oxygens (including phenoxy) is 2. The predicted molar refractivity (Wildman–Crippen MR) is 584 cm³/mol. The molecule has 3 aliphatic carbocycles. The Kier molecular flexibility index (Phi) is 24.2. The van der Waals surface area contributed by atoms with Crippen LogP contribution in [0.2, 0.25) is 0 Å². The normalized spacial score (nSPS) is 16.1. The number of benzene rings is 17. The van der Waals surface area contributed by atoms with Crippen LogP contribution in [0, 0.1) is 0 Å². The van der Waals surface area contributed by atoms with E-state index in [4.69, 9.17) is 12.2 Å². The van der Waals surface area contributed by atoms with Gasteiger partial charge in [0.2, 0.25) is 0 Å². The first-order chi connectivity index (χ1) is 72.2. The summed E-state index contributed by atoms with van der Waals surface area (Å²) >= 11 is 0. The lowest BCUT2D eigenvalue weighted by atomic mass is 9.69. The van der Waals surface area contributed by atoms with E-state index in [0.717, 1.165) is 223 Å². The van der Waals surface area contributed by atoms with Crippen molar-refractivity contribution in [3.63, 3.8) is 0 Å². The van der Waals surface area contributed by atoms with E-state index in [1.807, 2.05) is 97.1 Å². The van der Waals surface area contributed by atoms with Crippen LogP contribution in [0.5, 0.6) is 11.5 Å². The molecule has 684 valence electrons. The highest BCUT2D eigenvalue weighted by Gasteiger charge is 2.47. The molecule has 0 N–H and O–H groups in total. The Morgan fingerprint density at radius 3 is 0.971 bits per heavy atom. The fraction of sp³-hybridized carbons (Fsp3) is 0.209. The molecule has 0 heterocycles. The van der Waals surface area contributed by atoms with Crippen molar-refractivity contribution >= 4 is 46.3 Å². The van der Waals surface area contributed by atoms with Crippen molar-refractivity contribution in [2.24, 2.45) is 0 Å². The van der Waals surface area contributed by atoms with Crippen LogP contribution in [0.25, 0.3) is 90.0 Å². The topological polar surface area (TPSA) is 24.9 Å². The molecule has 17 aromatic rings. The summed E-state index contributed by atoms with van der Waals surface area (Å²) in [6, 6.07) is 121. The highest BCUT2D eigenvalue weighted by molar-refractivity contribution is 5.93. The van der Waals surface area contributed by atoms with E-state index in [2.05, 4.69) is 305 Å². The van der Waals surface area contributed by atoms with Crippen LogP contribution in [0.4, 0.5) is 34.1 Å². The molecule has 20 rings (SSSR count). The van der Waals surface area contributed by atoms with Crippen molar-refractivity contribution in [2.75, 3.05) is 23.0 Å². The zero-order valence-electron chi connectivity index (χ0n) is 89.7. The molecule has 0 saturated carbocycles. The summed E-state index contributed by atoms with van der Waals surface area (Å²) in [4.78, 5) is 4.61. The van der Waals surface area contributed by atoms with E-state index in [0.29, 0.717) is 38.9 Å². The summed E-state index contributed by atoms with van der Waals surface area (Å²) in [5.41, 5.74) is 30.2. The number of anilines is 6. The second kappa shape index (κ2) is 41.9. The summed E-state index contributed by atoms with van der Waals surface area (Å²) < 4.78 is 107. The third-order valence-corrected chi connectivity index (χ3v) is 29.4. The quantitative estimate of drug-likeness (QED) is 0.0357. The molecule has 0 bridgehead atoms. The monoisotopic (exact) mass is 1810 g/mol. The maximum absolute atomic E-state index is 9.90. The molecule has 4 nitrogen and oxygen atoms in total. The summed E-state index contributed by atoms with van der Waals surface area (Å²) in [7, 11) is 0. The van der Waals surface area contributed by atoms with Gasteiger partial charge in [-0.2, -0.15) is 0 Å². The van der Waals surface area contributed by atoms with E-state index < -0.39 is 28.3 Å². The van der Waals surface area contributed by atoms with Crippen molar-refractivity contribution < 1.29 is 23.2 Å². The van der Waals surface area contributed by atoms with Gasteiger partial charge in [-0.1, -0.05) is 413 Å². The summed E-state index contributed by atoms with van der Waals surface area (Å²) in [6.45, 7) is 16.0. The average Bonchev–Trinajstić information content (AvgIpc) is 1.52. The Hall–Kier alpha value is -14.6. The lowest BCUT2D eigenvalue weighted by molar-refractivity contribution is 0.303. The van der Waals surface area contributed by atoms with E-state index >= 15 is 0 Å². The first-order valence-corrected chi connectivity index (χ1v) is 50.1. The average molecular weight is 1810 g/mol. The number of hydrogen-bond donors (Lipinski definition) is 0. The van der Waals surface area contributed by atoms with E-state index in [9.17, 15) is 11.0 Å². The van der Waals surface area contributed by atoms with Crippen molar-refractivity contribution in [3.8, 4) is 89.4 Å². The van der Waals surface area contributed by atoms with Gasteiger partial charge < -0.3 is 19.3 Å². The van der Waals surface area contributed by atoms with Gasteiger partial charge in [0.25, 0.3) is 0 Å². The zero-order chi connectivity index (χ0) is 102. The van der Waals surface area contributed by atoms with Crippen LogP contribution in [0.1, 0.15) is 222 Å². The number of rotatable bonds is 41. The molecule has 4 heteroatoms. The largest absolute Gasteiger partial charge is 0.494 e. The molecule has 0 spiro atoms. The second-order valence-electron chi connectivity index (χ2n) is 37.8. The molecule has 0 aliphatic heterocycles. The van der Waals surface area contributed by atoms with Gasteiger partial charge in [-0.15, -0.1) is 0 Å². The molecule has 0 saturated heterocycles. The molecule has 138 heavy (non-hydrogen) atoms. The molecular formula is C134H126N2O2. The van der Waals surface area contributed by atoms with Crippen LogP contribution in [0.3, 0.4) is 0 Å². The molecule has 0 radical (unpaired) electrons. The third-order valence-electron chi connectivity index (χ3n) is 29.4. The maximum Gasteiger partial charge on any atom is 0.119 e. The van der Waals surface area contributed by atoms with Gasteiger partial charge in [-0.3, -0.25) is 0 Å². The molecule has 3 aliphatic rings. The highest BCUT2D eigenvalue weighted by atomic mass is 16.5. The summed E-state index contributed by atoms with van der Waals surface area (Å²) in [6.07, 6.45) is 22.4. The van der Waals surface area contributed by atoms with Crippen molar-refractivity contribution in [1.29, 1.82) is 0 Å². The van der Waals surface area contributed by atoms with Crippen molar-refractivity contribution in [2.45, 2.75) is 165 Å². The predicted octanol–water partition coefficient (Wildman–Crippen LogP) is 36.8. The summed E-state index contributed by atoms with van der Waals surface area (Å²) in [5, 5.41) is 0. The number of aryl methyl sites for hydroxylation is 2. The number of hydrogen-bond acceptors (Lipinski definition) is 4.